The number of hydrogen-bond donors (Lipinski definition) is 2. The smallest absolute Gasteiger partial charge is 0.387 e. The highest BCUT2D eigenvalue weighted by atomic mass is 19.3. The molecule has 0 saturated carbocycles. The van der Waals surface area contributed by atoms with E-state index in [0.717, 1.165) is 12.1 Å². The Morgan fingerprint density at radius 1 is 1.43 bits per heavy atom. The average Bonchev–Trinajstić information content (AvgIpc) is 2.49. The Morgan fingerprint density at radius 3 is 2.81 bits per heavy atom. The van der Waals surface area contributed by atoms with Crippen molar-refractivity contribution in [3.63, 3.8) is 0 Å². The molecule has 1 unspecified atom stereocenters. The maximum atomic E-state index is 12.0. The second kappa shape index (κ2) is 7.90. The van der Waals surface area contributed by atoms with Gasteiger partial charge in [-0.1, -0.05) is 12.1 Å². The molecule has 1 amide bonds. The monoisotopic (exact) mass is 300 g/mol. The molecule has 2 rings (SSSR count). The number of benzene rings is 1. The molecule has 21 heavy (non-hydrogen) atoms. The highest BCUT2D eigenvalue weighted by Gasteiger charge is 2.20. The van der Waals surface area contributed by atoms with Gasteiger partial charge in [0.15, 0.2) is 0 Å². The molecule has 1 aliphatic heterocycles. The average molecular weight is 300 g/mol. The van der Waals surface area contributed by atoms with Crippen LogP contribution in [0.1, 0.15) is 5.56 Å². The fourth-order valence-electron chi connectivity index (χ4n) is 2.02. The highest BCUT2D eigenvalue weighted by molar-refractivity contribution is 5.81. The van der Waals surface area contributed by atoms with E-state index in [1.165, 1.54) is 12.1 Å². The van der Waals surface area contributed by atoms with Crippen LogP contribution in [-0.2, 0) is 16.0 Å². The van der Waals surface area contributed by atoms with Gasteiger partial charge in [0.1, 0.15) is 11.9 Å². The van der Waals surface area contributed by atoms with Crippen molar-refractivity contribution in [2.24, 2.45) is 0 Å². The third-order valence-electron chi connectivity index (χ3n) is 3.08. The summed E-state index contributed by atoms with van der Waals surface area (Å²) in [6.45, 7) is -0.543. The van der Waals surface area contributed by atoms with Gasteiger partial charge in [0, 0.05) is 19.6 Å². The lowest BCUT2D eigenvalue weighted by atomic mass is 10.1. The number of rotatable bonds is 6. The van der Waals surface area contributed by atoms with Gasteiger partial charge in [-0.3, -0.25) is 4.79 Å². The first-order chi connectivity index (χ1) is 10.1. The first-order valence-electron chi connectivity index (χ1n) is 6.79. The second-order valence-electron chi connectivity index (χ2n) is 4.63. The SMILES string of the molecule is O=C(NCCc1ccc(OC(F)F)cc1)C1CNCCO1. The van der Waals surface area contributed by atoms with Gasteiger partial charge >= 0.3 is 6.61 Å². The molecule has 0 radical (unpaired) electrons. The summed E-state index contributed by atoms with van der Waals surface area (Å²) in [5.41, 5.74) is 0.930. The van der Waals surface area contributed by atoms with Crippen molar-refractivity contribution < 1.29 is 23.0 Å². The summed E-state index contributed by atoms with van der Waals surface area (Å²) in [6, 6.07) is 6.36. The van der Waals surface area contributed by atoms with Crippen LogP contribution in [0.3, 0.4) is 0 Å². The molecule has 7 heteroatoms. The fraction of sp³-hybridized carbons (Fsp3) is 0.500. The summed E-state index contributed by atoms with van der Waals surface area (Å²) >= 11 is 0. The van der Waals surface area contributed by atoms with Gasteiger partial charge in [0.25, 0.3) is 0 Å². The number of ether oxygens (including phenoxy) is 2. The normalized spacial score (nSPS) is 18.5. The van der Waals surface area contributed by atoms with Gasteiger partial charge in [-0.25, -0.2) is 0 Å². The fourth-order valence-corrected chi connectivity index (χ4v) is 2.02. The number of halogens is 2. The van der Waals surface area contributed by atoms with Gasteiger partial charge in [-0.15, -0.1) is 0 Å². The lowest BCUT2D eigenvalue weighted by molar-refractivity contribution is -0.134. The molecule has 1 saturated heterocycles. The molecular weight excluding hydrogens is 282 g/mol. The molecule has 0 aliphatic carbocycles. The van der Waals surface area contributed by atoms with Crippen LogP contribution in [0.4, 0.5) is 8.78 Å². The summed E-state index contributed by atoms with van der Waals surface area (Å²) in [7, 11) is 0. The topological polar surface area (TPSA) is 59.6 Å². The van der Waals surface area contributed by atoms with E-state index < -0.39 is 12.7 Å². The number of amides is 1. The summed E-state index contributed by atoms with van der Waals surface area (Å²) in [4.78, 5) is 11.8. The minimum absolute atomic E-state index is 0.125. The van der Waals surface area contributed by atoms with E-state index in [9.17, 15) is 13.6 Å². The zero-order chi connectivity index (χ0) is 15.1. The predicted molar refractivity (Wildman–Crippen MR) is 72.4 cm³/mol. The number of nitrogens with one attached hydrogen (secondary N) is 2. The maximum Gasteiger partial charge on any atom is 0.387 e. The molecule has 0 bridgehead atoms. The van der Waals surface area contributed by atoms with Crippen molar-refractivity contribution in [3.8, 4) is 5.75 Å². The second-order valence-corrected chi connectivity index (χ2v) is 4.63. The minimum atomic E-state index is -2.82. The van der Waals surface area contributed by atoms with Gasteiger partial charge in [0.2, 0.25) is 5.91 Å². The van der Waals surface area contributed by atoms with Crippen LogP contribution in [0.15, 0.2) is 24.3 Å². The Balaban J connectivity index is 1.71. The lowest BCUT2D eigenvalue weighted by Crippen LogP contribution is -2.48. The van der Waals surface area contributed by atoms with E-state index in [2.05, 4.69) is 15.4 Å². The lowest BCUT2D eigenvalue weighted by Gasteiger charge is -2.22. The molecule has 5 nitrogen and oxygen atoms in total. The van der Waals surface area contributed by atoms with E-state index in [4.69, 9.17) is 4.74 Å². The van der Waals surface area contributed by atoms with Gasteiger partial charge in [-0.05, 0) is 24.1 Å². The van der Waals surface area contributed by atoms with Crippen LogP contribution in [0.2, 0.25) is 0 Å². The Kier molecular flexibility index (Phi) is 5.89. The van der Waals surface area contributed by atoms with Crippen molar-refractivity contribution in [1.29, 1.82) is 0 Å². The number of carbonyl (C=O) groups is 1. The van der Waals surface area contributed by atoms with Crippen LogP contribution < -0.4 is 15.4 Å². The van der Waals surface area contributed by atoms with Crippen LogP contribution in [0, 0.1) is 0 Å². The minimum Gasteiger partial charge on any atom is -0.435 e. The van der Waals surface area contributed by atoms with Crippen LogP contribution in [0.5, 0.6) is 5.75 Å². The van der Waals surface area contributed by atoms with E-state index in [-0.39, 0.29) is 11.7 Å². The Labute approximate surface area is 121 Å². The Hall–Kier alpha value is -1.73. The number of morpholine rings is 1. The molecule has 1 fully saturated rings. The van der Waals surface area contributed by atoms with Crippen molar-refractivity contribution in [1.82, 2.24) is 10.6 Å². The summed E-state index contributed by atoms with van der Waals surface area (Å²) in [5, 5.41) is 5.88. The van der Waals surface area contributed by atoms with Gasteiger partial charge in [-0.2, -0.15) is 8.78 Å². The molecule has 0 aromatic heterocycles. The number of carbonyl (C=O) groups excluding carboxylic acids is 1. The largest absolute Gasteiger partial charge is 0.435 e. The van der Waals surface area contributed by atoms with Crippen molar-refractivity contribution >= 4 is 5.91 Å². The van der Waals surface area contributed by atoms with E-state index in [0.29, 0.717) is 26.1 Å². The molecule has 0 spiro atoms. The zero-order valence-corrected chi connectivity index (χ0v) is 11.5. The van der Waals surface area contributed by atoms with Crippen LogP contribution in [0.25, 0.3) is 0 Å². The van der Waals surface area contributed by atoms with Crippen LogP contribution in [-0.4, -0.2) is 44.9 Å². The molecule has 1 atom stereocenters. The zero-order valence-electron chi connectivity index (χ0n) is 11.5. The van der Waals surface area contributed by atoms with E-state index in [1.54, 1.807) is 12.1 Å². The molecule has 1 aliphatic rings. The number of alkyl halides is 2. The summed E-state index contributed by atoms with van der Waals surface area (Å²) in [6.07, 6.45) is 0.168. The summed E-state index contributed by atoms with van der Waals surface area (Å²) < 4.78 is 33.6. The first-order valence-corrected chi connectivity index (χ1v) is 6.79. The third kappa shape index (κ3) is 5.28. The highest BCUT2D eigenvalue weighted by Crippen LogP contribution is 2.14. The Morgan fingerprint density at radius 2 is 2.19 bits per heavy atom. The van der Waals surface area contributed by atoms with Crippen molar-refractivity contribution in [2.75, 3.05) is 26.2 Å². The molecular formula is C14H18F2N2O3. The standard InChI is InChI=1S/C14H18F2N2O3/c15-14(16)21-11-3-1-10(2-4-11)5-6-18-13(19)12-9-17-7-8-20-12/h1-4,12,14,17H,5-9H2,(H,18,19). The molecule has 1 aromatic rings. The molecule has 1 heterocycles. The Bertz CT molecular complexity index is 448. The van der Waals surface area contributed by atoms with E-state index in [1.807, 2.05) is 0 Å². The van der Waals surface area contributed by atoms with E-state index >= 15 is 0 Å². The molecule has 2 N–H and O–H groups in total. The van der Waals surface area contributed by atoms with Crippen molar-refractivity contribution in [3.05, 3.63) is 29.8 Å². The van der Waals surface area contributed by atoms with Gasteiger partial charge < -0.3 is 20.1 Å². The van der Waals surface area contributed by atoms with Crippen LogP contribution >= 0.6 is 0 Å². The summed E-state index contributed by atoms with van der Waals surface area (Å²) in [5.74, 6) is -0.0145. The molecule has 116 valence electrons. The predicted octanol–water partition coefficient (Wildman–Crippen LogP) is 0.935. The molecule has 1 aromatic carbocycles. The third-order valence-corrected chi connectivity index (χ3v) is 3.08. The first kappa shape index (κ1) is 15.7. The maximum absolute atomic E-state index is 12.0. The van der Waals surface area contributed by atoms with Gasteiger partial charge in [0.05, 0.1) is 6.61 Å². The number of hydrogen-bond acceptors (Lipinski definition) is 4. The quantitative estimate of drug-likeness (QED) is 0.821. The van der Waals surface area contributed by atoms with Crippen molar-refractivity contribution in [2.45, 2.75) is 19.1 Å².